The lowest BCUT2D eigenvalue weighted by Crippen LogP contribution is -2.42. The highest BCUT2D eigenvalue weighted by Crippen LogP contribution is 2.13. The zero-order valence-electron chi connectivity index (χ0n) is 12.0. The Labute approximate surface area is 130 Å². The highest BCUT2D eigenvalue weighted by molar-refractivity contribution is 6.30. The number of benzene rings is 2. The highest BCUT2D eigenvalue weighted by atomic mass is 35.5. The number of carbonyl (C=O) groups is 1. The average molecular weight is 303 g/mol. The van der Waals surface area contributed by atoms with Crippen molar-refractivity contribution in [3.63, 3.8) is 0 Å². The van der Waals surface area contributed by atoms with Gasteiger partial charge in [0.2, 0.25) is 5.91 Å². The maximum absolute atomic E-state index is 12.3. The Hall–Kier alpha value is -1.84. The van der Waals surface area contributed by atoms with Gasteiger partial charge >= 0.3 is 0 Å². The molecule has 0 bridgehead atoms. The summed E-state index contributed by atoms with van der Waals surface area (Å²) in [5, 5.41) is 0.668. The van der Waals surface area contributed by atoms with E-state index in [-0.39, 0.29) is 5.91 Å². The summed E-state index contributed by atoms with van der Waals surface area (Å²) < 4.78 is 0. The van der Waals surface area contributed by atoms with Crippen molar-refractivity contribution < 1.29 is 4.79 Å². The molecule has 0 aliphatic rings. The molecule has 0 heterocycles. The third kappa shape index (κ3) is 4.59. The predicted molar refractivity (Wildman–Crippen MR) is 86.0 cm³/mol. The van der Waals surface area contributed by atoms with Gasteiger partial charge < -0.3 is 10.6 Å². The van der Waals surface area contributed by atoms with Crippen LogP contribution in [0.4, 0.5) is 0 Å². The van der Waals surface area contributed by atoms with Crippen LogP contribution in [-0.2, 0) is 17.8 Å². The largest absolute Gasteiger partial charge is 0.340 e. The van der Waals surface area contributed by atoms with E-state index in [0.717, 1.165) is 11.1 Å². The lowest BCUT2D eigenvalue weighted by molar-refractivity contribution is -0.131. The fourth-order valence-electron chi connectivity index (χ4n) is 2.23. The number of halogens is 1. The lowest BCUT2D eigenvalue weighted by atomic mass is 10.1. The highest BCUT2D eigenvalue weighted by Gasteiger charge is 2.18. The van der Waals surface area contributed by atoms with Crippen molar-refractivity contribution in [2.24, 2.45) is 5.73 Å². The van der Waals surface area contributed by atoms with Crippen LogP contribution in [0.1, 0.15) is 11.1 Å². The first kappa shape index (κ1) is 15.5. The minimum atomic E-state index is -0.531. The third-order valence-corrected chi connectivity index (χ3v) is 3.54. The van der Waals surface area contributed by atoms with Crippen LogP contribution in [0.25, 0.3) is 0 Å². The molecule has 110 valence electrons. The molecule has 4 heteroatoms. The van der Waals surface area contributed by atoms with E-state index in [1.165, 1.54) is 0 Å². The van der Waals surface area contributed by atoms with Gasteiger partial charge in [0.1, 0.15) is 0 Å². The van der Waals surface area contributed by atoms with Gasteiger partial charge in [-0.3, -0.25) is 4.79 Å². The van der Waals surface area contributed by atoms with Crippen molar-refractivity contribution in [3.05, 3.63) is 70.7 Å². The molecule has 2 N–H and O–H groups in total. The van der Waals surface area contributed by atoms with Crippen molar-refractivity contribution in [2.45, 2.75) is 19.0 Å². The maximum Gasteiger partial charge on any atom is 0.239 e. The molecule has 21 heavy (non-hydrogen) atoms. The molecule has 2 aromatic rings. The molecular weight excluding hydrogens is 284 g/mol. The Kier molecular flexibility index (Phi) is 5.37. The molecule has 0 aliphatic carbocycles. The van der Waals surface area contributed by atoms with Crippen LogP contribution in [0.2, 0.25) is 5.02 Å². The average Bonchev–Trinajstić information content (AvgIpc) is 2.47. The topological polar surface area (TPSA) is 46.3 Å². The molecule has 1 atom stereocenters. The summed E-state index contributed by atoms with van der Waals surface area (Å²) >= 11 is 5.95. The third-order valence-electron chi connectivity index (χ3n) is 3.30. The molecule has 0 saturated heterocycles. The van der Waals surface area contributed by atoms with Crippen LogP contribution < -0.4 is 5.73 Å². The SMILES string of the molecule is CN(Cc1cccc(Cl)c1)C(=O)[C@@H](N)Cc1ccccc1. The molecule has 2 rings (SSSR count). The van der Waals surface area contributed by atoms with Crippen molar-refractivity contribution in [1.29, 1.82) is 0 Å². The van der Waals surface area contributed by atoms with Gasteiger partial charge in [0.15, 0.2) is 0 Å². The van der Waals surface area contributed by atoms with Gasteiger partial charge in [-0.05, 0) is 29.7 Å². The molecule has 3 nitrogen and oxygen atoms in total. The van der Waals surface area contributed by atoms with E-state index in [1.807, 2.05) is 54.6 Å². The van der Waals surface area contributed by atoms with Crippen LogP contribution in [0.15, 0.2) is 54.6 Å². The first-order valence-corrected chi connectivity index (χ1v) is 7.23. The zero-order chi connectivity index (χ0) is 15.2. The Morgan fingerprint density at radius 2 is 1.81 bits per heavy atom. The second kappa shape index (κ2) is 7.25. The van der Waals surface area contributed by atoms with Crippen molar-refractivity contribution in [2.75, 3.05) is 7.05 Å². The van der Waals surface area contributed by atoms with E-state index in [2.05, 4.69) is 0 Å². The normalized spacial score (nSPS) is 12.0. The van der Waals surface area contributed by atoms with Crippen LogP contribution in [0.5, 0.6) is 0 Å². The maximum atomic E-state index is 12.3. The van der Waals surface area contributed by atoms with E-state index in [4.69, 9.17) is 17.3 Å². The number of amides is 1. The van der Waals surface area contributed by atoms with Crippen LogP contribution in [0, 0.1) is 0 Å². The van der Waals surface area contributed by atoms with E-state index in [1.54, 1.807) is 11.9 Å². The molecule has 2 aromatic carbocycles. The van der Waals surface area contributed by atoms with Crippen LogP contribution in [-0.4, -0.2) is 23.9 Å². The summed E-state index contributed by atoms with van der Waals surface area (Å²) in [5.74, 6) is -0.0705. The van der Waals surface area contributed by atoms with Gasteiger partial charge in [0.25, 0.3) is 0 Å². The van der Waals surface area contributed by atoms with Crippen molar-refractivity contribution in [3.8, 4) is 0 Å². The lowest BCUT2D eigenvalue weighted by Gasteiger charge is -2.21. The van der Waals surface area contributed by atoms with E-state index < -0.39 is 6.04 Å². The second-order valence-electron chi connectivity index (χ2n) is 5.12. The Morgan fingerprint density at radius 1 is 1.14 bits per heavy atom. The number of hydrogen-bond acceptors (Lipinski definition) is 2. The van der Waals surface area contributed by atoms with Crippen molar-refractivity contribution >= 4 is 17.5 Å². The summed E-state index contributed by atoms with van der Waals surface area (Å²) in [6, 6.07) is 16.7. The molecular formula is C17H19ClN2O. The number of nitrogens with zero attached hydrogens (tertiary/aromatic N) is 1. The molecule has 0 fully saturated rings. The first-order chi connectivity index (χ1) is 10.1. The number of hydrogen-bond donors (Lipinski definition) is 1. The fourth-order valence-corrected chi connectivity index (χ4v) is 2.44. The molecule has 0 aromatic heterocycles. The standard InChI is InChI=1S/C17H19ClN2O/c1-20(12-14-8-5-9-15(18)10-14)17(21)16(19)11-13-6-3-2-4-7-13/h2-10,16H,11-12,19H2,1H3/t16-/m0/s1. The van der Waals surface area contributed by atoms with E-state index in [9.17, 15) is 4.79 Å². The number of carbonyl (C=O) groups excluding carboxylic acids is 1. The van der Waals surface area contributed by atoms with Gasteiger partial charge in [-0.15, -0.1) is 0 Å². The van der Waals surface area contributed by atoms with E-state index >= 15 is 0 Å². The van der Waals surface area contributed by atoms with Gasteiger partial charge in [-0.25, -0.2) is 0 Å². The minimum absolute atomic E-state index is 0.0705. The molecule has 1 amide bonds. The Morgan fingerprint density at radius 3 is 2.48 bits per heavy atom. The van der Waals surface area contributed by atoms with Crippen LogP contribution >= 0.6 is 11.6 Å². The zero-order valence-corrected chi connectivity index (χ0v) is 12.8. The molecule has 0 saturated carbocycles. The monoisotopic (exact) mass is 302 g/mol. The van der Waals surface area contributed by atoms with Gasteiger partial charge in [-0.1, -0.05) is 54.1 Å². The van der Waals surface area contributed by atoms with Crippen molar-refractivity contribution in [1.82, 2.24) is 4.90 Å². The van der Waals surface area contributed by atoms with Gasteiger partial charge in [-0.2, -0.15) is 0 Å². The molecule has 0 aliphatic heterocycles. The Balaban J connectivity index is 1.95. The first-order valence-electron chi connectivity index (χ1n) is 6.85. The number of likely N-dealkylation sites (N-methyl/N-ethyl adjacent to an activating group) is 1. The van der Waals surface area contributed by atoms with Crippen LogP contribution in [0.3, 0.4) is 0 Å². The quantitative estimate of drug-likeness (QED) is 0.923. The van der Waals surface area contributed by atoms with Gasteiger partial charge in [0.05, 0.1) is 6.04 Å². The summed E-state index contributed by atoms with van der Waals surface area (Å²) in [5.41, 5.74) is 8.07. The second-order valence-corrected chi connectivity index (χ2v) is 5.56. The molecule has 0 unspecified atom stereocenters. The molecule has 0 spiro atoms. The van der Waals surface area contributed by atoms with E-state index in [0.29, 0.717) is 18.0 Å². The summed E-state index contributed by atoms with van der Waals surface area (Å²) in [4.78, 5) is 13.9. The van der Waals surface area contributed by atoms with Gasteiger partial charge in [0, 0.05) is 18.6 Å². The fraction of sp³-hybridized carbons (Fsp3) is 0.235. The number of rotatable bonds is 5. The predicted octanol–water partition coefficient (Wildman–Crippen LogP) is 2.87. The molecule has 0 radical (unpaired) electrons. The summed E-state index contributed by atoms with van der Waals surface area (Å²) in [7, 11) is 1.76. The Bertz CT molecular complexity index is 601. The summed E-state index contributed by atoms with van der Waals surface area (Å²) in [6.07, 6.45) is 0.541. The number of nitrogens with two attached hydrogens (primary N) is 1. The minimum Gasteiger partial charge on any atom is -0.340 e. The smallest absolute Gasteiger partial charge is 0.239 e. The summed E-state index contributed by atoms with van der Waals surface area (Å²) in [6.45, 7) is 0.502.